The number of aliphatic carboxylic acids is 1. The number of nitrogens with one attached hydrogen (secondary N) is 1. The van der Waals surface area contributed by atoms with Crippen LogP contribution < -0.4 is 5.32 Å². The number of carbonyl (C=O) groups excluding carboxylic acids is 1. The van der Waals surface area contributed by atoms with Gasteiger partial charge in [-0.2, -0.15) is 0 Å². The maximum atomic E-state index is 10.7. The van der Waals surface area contributed by atoms with Gasteiger partial charge in [0.2, 0.25) is 5.91 Å². The monoisotopic (exact) mass is 189 g/mol. The summed E-state index contributed by atoms with van der Waals surface area (Å²) in [5.41, 5.74) is 0. The van der Waals surface area contributed by atoms with Crippen LogP contribution in [0.25, 0.3) is 0 Å². The van der Waals surface area contributed by atoms with Gasteiger partial charge >= 0.3 is 5.97 Å². The maximum absolute atomic E-state index is 10.7. The Hall–Kier alpha value is -1.10. The van der Waals surface area contributed by atoms with Crippen molar-refractivity contribution in [1.82, 2.24) is 5.32 Å². The fraction of sp³-hybridized carbons (Fsp3) is 0.750. The molecule has 76 valence electrons. The van der Waals surface area contributed by atoms with Gasteiger partial charge in [0, 0.05) is 6.54 Å². The van der Waals surface area contributed by atoms with Crippen molar-refractivity contribution in [2.24, 2.45) is 0 Å². The Balaban J connectivity index is 3.32. The van der Waals surface area contributed by atoms with E-state index in [9.17, 15) is 9.59 Å². The van der Waals surface area contributed by atoms with E-state index in [0.29, 0.717) is 19.4 Å². The summed E-state index contributed by atoms with van der Waals surface area (Å²) < 4.78 is 0. The average Bonchev–Trinajstić information content (AvgIpc) is 1.96. The Labute approximate surface area is 76.8 Å². The third-order valence-electron chi connectivity index (χ3n) is 1.43. The van der Waals surface area contributed by atoms with E-state index in [1.54, 1.807) is 6.92 Å². The minimum absolute atomic E-state index is 0.378. The van der Waals surface area contributed by atoms with Crippen molar-refractivity contribution in [2.75, 3.05) is 6.54 Å². The van der Waals surface area contributed by atoms with E-state index in [0.717, 1.165) is 0 Å². The number of amides is 1. The third-order valence-corrected chi connectivity index (χ3v) is 1.43. The number of aliphatic hydroxyl groups is 1. The molecule has 0 rings (SSSR count). The number of hydrogen-bond acceptors (Lipinski definition) is 3. The molecule has 0 aliphatic heterocycles. The zero-order chi connectivity index (χ0) is 10.3. The third kappa shape index (κ3) is 8.81. The number of aliphatic hydroxyl groups excluding tert-OH is 1. The van der Waals surface area contributed by atoms with Gasteiger partial charge in [0.15, 0.2) is 0 Å². The van der Waals surface area contributed by atoms with Gasteiger partial charge in [-0.25, -0.2) is 0 Å². The zero-order valence-corrected chi connectivity index (χ0v) is 7.62. The fourth-order valence-corrected chi connectivity index (χ4v) is 0.825. The number of carbonyl (C=O) groups is 2. The second-order valence-electron chi connectivity index (χ2n) is 2.91. The van der Waals surface area contributed by atoms with Crippen molar-refractivity contribution in [1.29, 1.82) is 0 Å². The number of hydrogen-bond donors (Lipinski definition) is 3. The Morgan fingerprint density at radius 2 is 2.08 bits per heavy atom. The zero-order valence-electron chi connectivity index (χ0n) is 7.62. The second-order valence-corrected chi connectivity index (χ2v) is 2.91. The average molecular weight is 189 g/mol. The Morgan fingerprint density at radius 3 is 2.54 bits per heavy atom. The lowest BCUT2D eigenvalue weighted by atomic mass is 10.2. The molecule has 0 radical (unpaired) electrons. The molecule has 0 aromatic rings. The quantitative estimate of drug-likeness (QED) is 0.397. The molecule has 0 spiro atoms. The van der Waals surface area contributed by atoms with E-state index in [1.807, 2.05) is 0 Å². The molecule has 0 bridgehead atoms. The van der Waals surface area contributed by atoms with Crippen LogP contribution in [0.1, 0.15) is 26.2 Å². The summed E-state index contributed by atoms with van der Waals surface area (Å²) in [5, 5.41) is 19.5. The molecule has 0 aliphatic carbocycles. The lowest BCUT2D eigenvalue weighted by Crippen LogP contribution is -2.26. The van der Waals surface area contributed by atoms with Gasteiger partial charge in [-0.05, 0) is 19.8 Å². The lowest BCUT2D eigenvalue weighted by molar-refractivity contribution is -0.140. The first kappa shape index (κ1) is 11.9. The predicted octanol–water partition coefficient (Wildman–Crippen LogP) is -0.262. The Morgan fingerprint density at radius 1 is 1.46 bits per heavy atom. The molecule has 0 aliphatic rings. The SMILES string of the molecule is CC(O)CCCNC(=O)CC(=O)O. The van der Waals surface area contributed by atoms with Gasteiger partial charge in [-0.15, -0.1) is 0 Å². The van der Waals surface area contributed by atoms with Gasteiger partial charge < -0.3 is 15.5 Å². The molecule has 1 amide bonds. The number of rotatable bonds is 6. The molecule has 0 aromatic carbocycles. The lowest BCUT2D eigenvalue weighted by Gasteiger charge is -2.04. The van der Waals surface area contributed by atoms with Crippen LogP contribution in [0.4, 0.5) is 0 Å². The number of carboxylic acids is 1. The summed E-state index contributed by atoms with van der Waals surface area (Å²) in [6, 6.07) is 0. The molecule has 5 heteroatoms. The molecule has 0 fully saturated rings. The van der Waals surface area contributed by atoms with Gasteiger partial charge in [0.25, 0.3) is 0 Å². The minimum Gasteiger partial charge on any atom is -0.481 e. The van der Waals surface area contributed by atoms with Crippen molar-refractivity contribution >= 4 is 11.9 Å². The molecule has 0 saturated heterocycles. The highest BCUT2D eigenvalue weighted by atomic mass is 16.4. The van der Waals surface area contributed by atoms with E-state index in [4.69, 9.17) is 10.2 Å². The van der Waals surface area contributed by atoms with E-state index in [1.165, 1.54) is 0 Å². The summed E-state index contributed by atoms with van der Waals surface area (Å²) in [7, 11) is 0. The molecule has 0 aromatic heterocycles. The summed E-state index contributed by atoms with van der Waals surface area (Å²) in [4.78, 5) is 20.8. The fourth-order valence-electron chi connectivity index (χ4n) is 0.825. The molecule has 0 heterocycles. The van der Waals surface area contributed by atoms with Crippen LogP contribution in [-0.4, -0.2) is 34.7 Å². The van der Waals surface area contributed by atoms with Crippen molar-refractivity contribution in [2.45, 2.75) is 32.3 Å². The van der Waals surface area contributed by atoms with Crippen molar-refractivity contribution < 1.29 is 19.8 Å². The first-order valence-corrected chi connectivity index (χ1v) is 4.19. The minimum atomic E-state index is -1.13. The van der Waals surface area contributed by atoms with Gasteiger partial charge in [-0.1, -0.05) is 0 Å². The number of carboxylic acid groups (broad SMARTS) is 1. The van der Waals surface area contributed by atoms with Crippen LogP contribution in [0.5, 0.6) is 0 Å². The molecular weight excluding hydrogens is 174 g/mol. The largest absolute Gasteiger partial charge is 0.481 e. The van der Waals surface area contributed by atoms with E-state index >= 15 is 0 Å². The highest BCUT2D eigenvalue weighted by Gasteiger charge is 2.05. The first-order chi connectivity index (χ1) is 6.02. The van der Waals surface area contributed by atoms with Crippen molar-refractivity contribution in [3.63, 3.8) is 0 Å². The van der Waals surface area contributed by atoms with E-state index in [-0.39, 0.29) is 6.10 Å². The van der Waals surface area contributed by atoms with E-state index < -0.39 is 18.3 Å². The van der Waals surface area contributed by atoms with Crippen LogP contribution in [-0.2, 0) is 9.59 Å². The Bertz CT molecular complexity index is 179. The highest BCUT2D eigenvalue weighted by Crippen LogP contribution is 1.93. The summed E-state index contributed by atoms with van der Waals surface area (Å²) in [6.07, 6.45) is 0.391. The standard InChI is InChI=1S/C8H15NO4/c1-6(10)3-2-4-9-7(11)5-8(12)13/h6,10H,2-5H2,1H3,(H,9,11)(H,12,13). The smallest absolute Gasteiger partial charge is 0.312 e. The van der Waals surface area contributed by atoms with Crippen molar-refractivity contribution in [3.05, 3.63) is 0 Å². The highest BCUT2D eigenvalue weighted by molar-refractivity contribution is 5.93. The Kier molecular flexibility index (Phi) is 5.88. The van der Waals surface area contributed by atoms with Crippen LogP contribution in [0, 0.1) is 0 Å². The first-order valence-electron chi connectivity index (χ1n) is 4.19. The van der Waals surface area contributed by atoms with Gasteiger partial charge in [-0.3, -0.25) is 9.59 Å². The topological polar surface area (TPSA) is 86.6 Å². The van der Waals surface area contributed by atoms with Gasteiger partial charge in [0.1, 0.15) is 6.42 Å². The molecule has 1 unspecified atom stereocenters. The molecule has 1 atom stereocenters. The predicted molar refractivity (Wildman–Crippen MR) is 46.2 cm³/mol. The molecule has 3 N–H and O–H groups in total. The van der Waals surface area contributed by atoms with Crippen LogP contribution >= 0.6 is 0 Å². The molecule has 5 nitrogen and oxygen atoms in total. The molecular formula is C8H15NO4. The summed E-state index contributed by atoms with van der Waals surface area (Å²) in [5.74, 6) is -1.62. The summed E-state index contributed by atoms with van der Waals surface area (Å²) in [6.45, 7) is 2.08. The molecule has 0 saturated carbocycles. The van der Waals surface area contributed by atoms with Crippen LogP contribution in [0.15, 0.2) is 0 Å². The van der Waals surface area contributed by atoms with Crippen LogP contribution in [0.2, 0.25) is 0 Å². The maximum Gasteiger partial charge on any atom is 0.312 e. The van der Waals surface area contributed by atoms with Crippen molar-refractivity contribution in [3.8, 4) is 0 Å². The second kappa shape index (κ2) is 6.42. The van der Waals surface area contributed by atoms with Gasteiger partial charge in [0.05, 0.1) is 6.10 Å². The molecule has 13 heavy (non-hydrogen) atoms. The normalized spacial score (nSPS) is 12.2. The summed E-state index contributed by atoms with van der Waals surface area (Å²) >= 11 is 0. The van der Waals surface area contributed by atoms with E-state index in [2.05, 4.69) is 5.32 Å². The van der Waals surface area contributed by atoms with Crippen LogP contribution in [0.3, 0.4) is 0 Å².